The van der Waals surface area contributed by atoms with Gasteiger partial charge in [0.05, 0.1) is 5.69 Å². The number of fused-ring (bicyclic) bond motifs is 1. The fourth-order valence-corrected chi connectivity index (χ4v) is 1.75. The number of nitrogens with one attached hydrogen (secondary N) is 1. The quantitative estimate of drug-likeness (QED) is 0.644. The van der Waals surface area contributed by atoms with E-state index in [0.29, 0.717) is 11.6 Å². The average molecular weight is 223 g/mol. The van der Waals surface area contributed by atoms with E-state index in [1.807, 2.05) is 37.3 Å². The van der Waals surface area contributed by atoms with Crippen molar-refractivity contribution in [2.75, 3.05) is 0 Å². The van der Waals surface area contributed by atoms with Crippen molar-refractivity contribution in [1.29, 1.82) is 0 Å². The fourth-order valence-electron chi connectivity index (χ4n) is 1.75. The molecule has 0 aliphatic heterocycles. The number of aromatic nitrogens is 4. The van der Waals surface area contributed by atoms with Gasteiger partial charge in [-0.15, -0.1) is 0 Å². The zero-order valence-corrected chi connectivity index (χ0v) is 9.18. The fraction of sp³-hybridized carbons (Fsp3) is 0.0833. The van der Waals surface area contributed by atoms with Crippen LogP contribution < -0.4 is 0 Å². The molecule has 0 spiro atoms. The van der Waals surface area contributed by atoms with Crippen molar-refractivity contribution in [3.05, 3.63) is 47.4 Å². The lowest BCUT2D eigenvalue weighted by atomic mass is 10.2. The van der Waals surface area contributed by atoms with Crippen molar-refractivity contribution in [2.24, 2.45) is 0 Å². The molecular formula is C12H9N5. The van der Waals surface area contributed by atoms with E-state index >= 15 is 0 Å². The molecule has 1 N–H and O–H groups in total. The normalized spacial score (nSPS) is 10.6. The van der Waals surface area contributed by atoms with Gasteiger partial charge in [-0.25, -0.2) is 4.52 Å². The molecule has 0 bridgehead atoms. The summed E-state index contributed by atoms with van der Waals surface area (Å²) in [4.78, 5) is 11.8. The van der Waals surface area contributed by atoms with Gasteiger partial charge in [0.1, 0.15) is 0 Å². The second kappa shape index (κ2) is 3.46. The minimum Gasteiger partial charge on any atom is -0.359 e. The maximum Gasteiger partial charge on any atom is 0.346 e. The van der Waals surface area contributed by atoms with Gasteiger partial charge in [-0.05, 0) is 6.92 Å². The maximum absolute atomic E-state index is 6.98. The number of aromatic amines is 1. The monoisotopic (exact) mass is 223 g/mol. The van der Waals surface area contributed by atoms with Crippen molar-refractivity contribution < 1.29 is 0 Å². The SMILES string of the molecule is [C-]#[N+]c1nc2nc(-c3ccccc3)[nH]n2c1C. The largest absolute Gasteiger partial charge is 0.359 e. The summed E-state index contributed by atoms with van der Waals surface area (Å²) < 4.78 is 1.73. The second-order valence-electron chi connectivity index (χ2n) is 3.71. The lowest BCUT2D eigenvalue weighted by Crippen LogP contribution is -1.87. The average Bonchev–Trinajstić information content (AvgIpc) is 2.90. The number of H-pyrrole nitrogens is 1. The van der Waals surface area contributed by atoms with Crippen LogP contribution in [-0.4, -0.2) is 19.6 Å². The van der Waals surface area contributed by atoms with Crippen LogP contribution in [0.1, 0.15) is 5.69 Å². The molecule has 0 saturated carbocycles. The summed E-state index contributed by atoms with van der Waals surface area (Å²) in [6.45, 7) is 8.83. The van der Waals surface area contributed by atoms with Crippen LogP contribution in [0.2, 0.25) is 0 Å². The van der Waals surface area contributed by atoms with Gasteiger partial charge in [-0.1, -0.05) is 41.9 Å². The van der Waals surface area contributed by atoms with E-state index in [9.17, 15) is 0 Å². The molecule has 3 aromatic rings. The van der Waals surface area contributed by atoms with E-state index in [4.69, 9.17) is 6.57 Å². The zero-order valence-electron chi connectivity index (χ0n) is 9.18. The van der Waals surface area contributed by atoms with E-state index in [1.165, 1.54) is 0 Å². The Balaban J connectivity index is 2.20. The summed E-state index contributed by atoms with van der Waals surface area (Å²) in [7, 11) is 0. The van der Waals surface area contributed by atoms with E-state index in [1.54, 1.807) is 4.52 Å². The molecule has 0 unspecified atom stereocenters. The minimum absolute atomic E-state index is 0.392. The Morgan fingerprint density at radius 1 is 1.24 bits per heavy atom. The van der Waals surface area contributed by atoms with Crippen molar-refractivity contribution in [3.8, 4) is 11.4 Å². The Morgan fingerprint density at radius 3 is 2.65 bits per heavy atom. The number of aryl methyl sites for hydroxylation is 1. The molecule has 2 aromatic heterocycles. The molecule has 5 heteroatoms. The number of hydrogen-bond donors (Lipinski definition) is 1. The molecule has 0 radical (unpaired) electrons. The van der Waals surface area contributed by atoms with Crippen molar-refractivity contribution in [2.45, 2.75) is 6.92 Å². The summed E-state index contributed by atoms with van der Waals surface area (Å²) in [5.41, 5.74) is 1.78. The molecule has 0 amide bonds. The molecule has 0 aliphatic rings. The van der Waals surface area contributed by atoms with Gasteiger partial charge < -0.3 is 4.85 Å². The van der Waals surface area contributed by atoms with E-state index in [0.717, 1.165) is 17.1 Å². The standard InChI is InChI=1S/C12H9N5/c1-8-10(13-2)14-12-15-11(16-17(8)12)9-6-4-3-5-7-9/h3-7H,1H3,(H,14,15,16). The van der Waals surface area contributed by atoms with Crippen molar-refractivity contribution in [3.63, 3.8) is 0 Å². The first kappa shape index (κ1) is 9.60. The third-order valence-corrected chi connectivity index (χ3v) is 2.65. The highest BCUT2D eigenvalue weighted by Gasteiger charge is 2.15. The van der Waals surface area contributed by atoms with Gasteiger partial charge >= 0.3 is 5.78 Å². The Kier molecular flexibility index (Phi) is 1.95. The van der Waals surface area contributed by atoms with Gasteiger partial charge in [0.2, 0.25) is 0 Å². The predicted octanol–water partition coefficient (Wildman–Crippen LogP) is 2.58. The highest BCUT2D eigenvalue weighted by molar-refractivity contribution is 5.59. The smallest absolute Gasteiger partial charge is 0.346 e. The second-order valence-corrected chi connectivity index (χ2v) is 3.71. The third kappa shape index (κ3) is 1.39. The zero-order chi connectivity index (χ0) is 11.8. The van der Waals surface area contributed by atoms with Gasteiger partial charge in [0, 0.05) is 5.56 Å². The molecule has 0 aliphatic carbocycles. The van der Waals surface area contributed by atoms with Crippen molar-refractivity contribution >= 4 is 11.6 Å². The number of rotatable bonds is 1. The van der Waals surface area contributed by atoms with Crippen molar-refractivity contribution in [1.82, 2.24) is 19.6 Å². The van der Waals surface area contributed by atoms with Crippen LogP contribution in [0.3, 0.4) is 0 Å². The number of imidazole rings is 1. The van der Waals surface area contributed by atoms with Crippen LogP contribution in [0.5, 0.6) is 0 Å². The summed E-state index contributed by atoms with van der Waals surface area (Å²) in [5.74, 6) is 1.68. The molecule has 5 nitrogen and oxygen atoms in total. The van der Waals surface area contributed by atoms with Gasteiger partial charge in [0.15, 0.2) is 5.82 Å². The van der Waals surface area contributed by atoms with Gasteiger partial charge in [-0.3, -0.25) is 5.10 Å². The minimum atomic E-state index is 0.392. The first-order valence-electron chi connectivity index (χ1n) is 5.17. The molecule has 1 aromatic carbocycles. The molecular weight excluding hydrogens is 214 g/mol. The highest BCUT2D eigenvalue weighted by Crippen LogP contribution is 2.21. The summed E-state index contributed by atoms with van der Waals surface area (Å²) in [6.07, 6.45) is 0. The molecule has 0 fully saturated rings. The van der Waals surface area contributed by atoms with Crippen LogP contribution in [0.15, 0.2) is 30.3 Å². The third-order valence-electron chi connectivity index (χ3n) is 2.65. The molecule has 0 saturated heterocycles. The molecule has 2 heterocycles. The van der Waals surface area contributed by atoms with Crippen LogP contribution >= 0.6 is 0 Å². The Hall–Kier alpha value is -2.61. The van der Waals surface area contributed by atoms with Crippen LogP contribution in [0, 0.1) is 13.5 Å². The van der Waals surface area contributed by atoms with Gasteiger partial charge in [-0.2, -0.15) is 4.98 Å². The Bertz CT molecular complexity index is 715. The molecule has 17 heavy (non-hydrogen) atoms. The van der Waals surface area contributed by atoms with E-state index in [2.05, 4.69) is 19.9 Å². The van der Waals surface area contributed by atoms with Crippen LogP contribution in [-0.2, 0) is 0 Å². The molecule has 82 valence electrons. The number of benzene rings is 1. The number of nitrogens with zero attached hydrogens (tertiary/aromatic N) is 4. The molecule has 3 rings (SSSR count). The maximum atomic E-state index is 6.98. The molecule has 0 atom stereocenters. The Morgan fingerprint density at radius 2 is 2.00 bits per heavy atom. The van der Waals surface area contributed by atoms with Crippen LogP contribution in [0.4, 0.5) is 5.82 Å². The highest BCUT2D eigenvalue weighted by atomic mass is 15.4. The predicted molar refractivity (Wildman–Crippen MR) is 63.8 cm³/mol. The van der Waals surface area contributed by atoms with Crippen LogP contribution in [0.25, 0.3) is 22.0 Å². The summed E-state index contributed by atoms with van der Waals surface area (Å²) >= 11 is 0. The van der Waals surface area contributed by atoms with E-state index < -0.39 is 0 Å². The van der Waals surface area contributed by atoms with Gasteiger partial charge in [0.25, 0.3) is 5.82 Å². The first-order chi connectivity index (χ1) is 8.29. The Labute approximate surface area is 97.6 Å². The summed E-state index contributed by atoms with van der Waals surface area (Å²) in [6, 6.07) is 9.82. The number of hydrogen-bond acceptors (Lipinski definition) is 2. The summed E-state index contributed by atoms with van der Waals surface area (Å²) in [5, 5.41) is 3.13. The first-order valence-corrected chi connectivity index (χ1v) is 5.17. The lowest BCUT2D eigenvalue weighted by molar-refractivity contribution is 0.937. The van der Waals surface area contributed by atoms with E-state index in [-0.39, 0.29) is 0 Å². The topological polar surface area (TPSA) is 50.3 Å². The lowest BCUT2D eigenvalue weighted by Gasteiger charge is -1.94.